The Bertz CT molecular complexity index is 2750. The zero-order chi connectivity index (χ0) is 35.8. The lowest BCUT2D eigenvalue weighted by Gasteiger charge is -2.45. The first-order valence-corrected chi connectivity index (χ1v) is 20.4. The van der Waals surface area contributed by atoms with Crippen molar-refractivity contribution in [3.05, 3.63) is 187 Å². The van der Waals surface area contributed by atoms with Crippen molar-refractivity contribution >= 4 is 48.6 Å². The van der Waals surface area contributed by atoms with E-state index in [1.165, 1.54) is 102 Å². The molecule has 1 saturated carbocycles. The monoisotopic (exact) mass is 711 g/mol. The van der Waals surface area contributed by atoms with E-state index in [9.17, 15) is 0 Å². The molecule has 0 saturated heterocycles. The molecule has 54 heavy (non-hydrogen) atoms. The highest BCUT2D eigenvalue weighted by molar-refractivity contribution is 7.26. The predicted octanol–water partition coefficient (Wildman–Crippen LogP) is 14.9. The molecule has 2 bridgehead atoms. The number of anilines is 3. The fourth-order valence-corrected chi connectivity index (χ4v) is 11.6. The van der Waals surface area contributed by atoms with Crippen molar-refractivity contribution < 1.29 is 0 Å². The highest BCUT2D eigenvalue weighted by Gasteiger charge is 2.50. The second-order valence-corrected chi connectivity index (χ2v) is 16.8. The van der Waals surface area contributed by atoms with Gasteiger partial charge in [0.1, 0.15) is 0 Å². The summed E-state index contributed by atoms with van der Waals surface area (Å²) in [7, 11) is 0. The van der Waals surface area contributed by atoms with E-state index in [2.05, 4.69) is 182 Å². The van der Waals surface area contributed by atoms with Crippen molar-refractivity contribution in [3.8, 4) is 33.4 Å². The highest BCUT2D eigenvalue weighted by Crippen LogP contribution is 2.62. The SMILES string of the molecule is CC1C=C2CC(CCC23c2ccccc2-c2c(-c4ccccc4N(c4ccc(-c5ccccc5)cc4)c4cccc5c4sc4ccccc45)cccc23)C1. The van der Waals surface area contributed by atoms with E-state index in [0.29, 0.717) is 5.92 Å². The molecule has 0 aliphatic heterocycles. The third kappa shape index (κ3) is 4.76. The molecule has 1 heterocycles. The minimum absolute atomic E-state index is 0.0440. The van der Waals surface area contributed by atoms with Gasteiger partial charge in [-0.25, -0.2) is 0 Å². The van der Waals surface area contributed by atoms with Crippen LogP contribution >= 0.6 is 11.3 Å². The largest absolute Gasteiger partial charge is 0.308 e. The molecule has 0 N–H and O–H groups in total. The topological polar surface area (TPSA) is 3.24 Å². The van der Waals surface area contributed by atoms with Gasteiger partial charge < -0.3 is 4.90 Å². The first kappa shape index (κ1) is 31.8. The summed E-state index contributed by atoms with van der Waals surface area (Å²) >= 11 is 1.89. The summed E-state index contributed by atoms with van der Waals surface area (Å²) in [4.78, 5) is 2.52. The fraction of sp³-hybridized carbons (Fsp3) is 0.154. The van der Waals surface area contributed by atoms with Crippen molar-refractivity contribution in [2.45, 2.75) is 38.0 Å². The van der Waals surface area contributed by atoms with E-state index >= 15 is 0 Å². The Morgan fingerprint density at radius 3 is 2.13 bits per heavy atom. The van der Waals surface area contributed by atoms with Crippen LogP contribution in [0.4, 0.5) is 17.1 Å². The molecule has 3 atom stereocenters. The first-order valence-electron chi connectivity index (χ1n) is 19.6. The minimum Gasteiger partial charge on any atom is -0.308 e. The molecule has 0 radical (unpaired) electrons. The van der Waals surface area contributed by atoms with Crippen molar-refractivity contribution in [2.24, 2.45) is 11.8 Å². The van der Waals surface area contributed by atoms with Gasteiger partial charge in [0.25, 0.3) is 0 Å². The summed E-state index contributed by atoms with van der Waals surface area (Å²) in [6.07, 6.45) is 7.69. The van der Waals surface area contributed by atoms with Crippen molar-refractivity contribution in [2.75, 3.05) is 4.90 Å². The Labute approximate surface area is 321 Å². The van der Waals surface area contributed by atoms with Gasteiger partial charge in [-0.2, -0.15) is 0 Å². The van der Waals surface area contributed by atoms with Crippen LogP contribution in [0.2, 0.25) is 0 Å². The molecule has 3 aliphatic carbocycles. The number of hydrogen-bond donors (Lipinski definition) is 0. The summed E-state index contributed by atoms with van der Waals surface area (Å²) < 4.78 is 2.62. The molecule has 1 nitrogen and oxygen atoms in total. The fourth-order valence-electron chi connectivity index (χ4n) is 10.4. The summed E-state index contributed by atoms with van der Waals surface area (Å²) in [6.45, 7) is 2.43. The molecule has 11 rings (SSSR count). The molecule has 260 valence electrons. The predicted molar refractivity (Wildman–Crippen MR) is 230 cm³/mol. The maximum absolute atomic E-state index is 2.65. The van der Waals surface area contributed by atoms with E-state index in [4.69, 9.17) is 0 Å². The molecule has 0 amide bonds. The lowest BCUT2D eigenvalue weighted by Crippen LogP contribution is -2.36. The van der Waals surface area contributed by atoms with Crippen LogP contribution < -0.4 is 4.90 Å². The normalized spacial score (nSPS) is 19.8. The zero-order valence-electron chi connectivity index (χ0n) is 30.5. The number of allylic oxidation sites excluding steroid dienone is 2. The number of thiophene rings is 1. The second-order valence-electron chi connectivity index (χ2n) is 15.7. The molecule has 1 aromatic heterocycles. The minimum atomic E-state index is -0.0440. The number of benzene rings is 7. The zero-order valence-corrected chi connectivity index (χ0v) is 31.3. The van der Waals surface area contributed by atoms with Gasteiger partial charge in [0.15, 0.2) is 0 Å². The van der Waals surface area contributed by atoms with Gasteiger partial charge in [-0.3, -0.25) is 0 Å². The number of fused-ring (bicyclic) bond motifs is 11. The van der Waals surface area contributed by atoms with Gasteiger partial charge in [-0.1, -0.05) is 152 Å². The van der Waals surface area contributed by atoms with Gasteiger partial charge in [0.05, 0.1) is 16.1 Å². The Kier molecular flexibility index (Phi) is 7.32. The van der Waals surface area contributed by atoms with Gasteiger partial charge in [0, 0.05) is 32.1 Å². The Morgan fingerprint density at radius 1 is 0.574 bits per heavy atom. The summed E-state index contributed by atoms with van der Waals surface area (Å²) in [6, 6.07) is 61.2. The van der Waals surface area contributed by atoms with Crippen LogP contribution in [-0.4, -0.2) is 0 Å². The highest BCUT2D eigenvalue weighted by atomic mass is 32.1. The van der Waals surface area contributed by atoms with E-state index in [-0.39, 0.29) is 5.41 Å². The third-order valence-electron chi connectivity index (χ3n) is 12.6. The average Bonchev–Trinajstić information content (AvgIpc) is 3.75. The quantitative estimate of drug-likeness (QED) is 0.161. The van der Waals surface area contributed by atoms with Gasteiger partial charge in [-0.15, -0.1) is 11.3 Å². The van der Waals surface area contributed by atoms with Crippen molar-refractivity contribution in [1.29, 1.82) is 0 Å². The average molecular weight is 712 g/mol. The molecular weight excluding hydrogens is 671 g/mol. The van der Waals surface area contributed by atoms with Crippen LogP contribution in [0.15, 0.2) is 175 Å². The van der Waals surface area contributed by atoms with Crippen LogP contribution in [-0.2, 0) is 5.41 Å². The molecule has 3 aliphatic rings. The summed E-state index contributed by atoms with van der Waals surface area (Å²) in [5.41, 5.74) is 16.0. The molecule has 1 fully saturated rings. The maximum atomic E-state index is 2.65. The van der Waals surface area contributed by atoms with Crippen LogP contribution in [0.25, 0.3) is 53.6 Å². The Morgan fingerprint density at radius 2 is 1.24 bits per heavy atom. The lowest BCUT2D eigenvalue weighted by molar-refractivity contribution is 0.284. The second kappa shape index (κ2) is 12.4. The third-order valence-corrected chi connectivity index (χ3v) is 13.9. The van der Waals surface area contributed by atoms with Crippen molar-refractivity contribution in [3.63, 3.8) is 0 Å². The molecule has 2 heteroatoms. The van der Waals surface area contributed by atoms with Gasteiger partial charge in [0.2, 0.25) is 0 Å². The molecule has 3 unspecified atom stereocenters. The van der Waals surface area contributed by atoms with E-state index in [1.807, 2.05) is 11.3 Å². The van der Waals surface area contributed by atoms with Gasteiger partial charge >= 0.3 is 0 Å². The standard InChI is InChI=1S/C52H41NS/c1-34-31-35-29-30-52(38(32-34)33-35)45-20-8-5-17-44(45)50-42(18-11-21-46(50)52)40-15-6-9-22-47(40)53(39-27-25-37(26-28-39)36-13-3-2-4-14-36)48-23-12-19-43-41-16-7-10-24-49(41)54-51(43)48/h2-28,32,34-35H,29-31,33H2,1H3. The first-order chi connectivity index (χ1) is 26.7. The summed E-state index contributed by atoms with van der Waals surface area (Å²) in [5, 5.41) is 2.62. The number of hydrogen-bond acceptors (Lipinski definition) is 2. The number of rotatable bonds is 5. The lowest BCUT2D eigenvalue weighted by atomic mass is 9.58. The number of nitrogens with zero attached hydrogens (tertiary/aromatic N) is 1. The number of para-hydroxylation sites is 1. The Hall–Kier alpha value is -5.70. The molecule has 7 aromatic carbocycles. The van der Waals surface area contributed by atoms with Crippen molar-refractivity contribution in [1.82, 2.24) is 0 Å². The van der Waals surface area contributed by atoms with Crippen LogP contribution in [0, 0.1) is 11.8 Å². The van der Waals surface area contributed by atoms with E-state index < -0.39 is 0 Å². The van der Waals surface area contributed by atoms with Crippen LogP contribution in [0.1, 0.15) is 43.7 Å². The molecular formula is C52H41NS. The molecule has 1 spiro atoms. The van der Waals surface area contributed by atoms with Crippen LogP contribution in [0.3, 0.4) is 0 Å². The van der Waals surface area contributed by atoms with Crippen LogP contribution in [0.5, 0.6) is 0 Å². The molecule has 8 aromatic rings. The van der Waals surface area contributed by atoms with Gasteiger partial charge in [-0.05, 0) is 107 Å². The smallest absolute Gasteiger partial charge is 0.0640 e. The van der Waals surface area contributed by atoms with E-state index in [1.54, 1.807) is 5.57 Å². The summed E-state index contributed by atoms with van der Waals surface area (Å²) in [5.74, 6) is 1.44. The van der Waals surface area contributed by atoms with E-state index in [0.717, 1.165) is 11.6 Å². The Balaban J connectivity index is 1.15. The maximum Gasteiger partial charge on any atom is 0.0640 e.